The molecule has 0 bridgehead atoms. The fraction of sp³-hybridized carbons (Fsp3) is 0.500. The molecule has 0 aromatic heterocycles. The summed E-state index contributed by atoms with van der Waals surface area (Å²) < 4.78 is 11.2. The van der Waals surface area contributed by atoms with E-state index in [-0.39, 0.29) is 18.1 Å². The van der Waals surface area contributed by atoms with Crippen molar-refractivity contribution in [2.45, 2.75) is 31.8 Å². The first-order chi connectivity index (χ1) is 7.91. The van der Waals surface area contributed by atoms with E-state index in [1.807, 2.05) is 0 Å². The second-order valence-corrected chi connectivity index (χ2v) is 4.56. The molecule has 5 heteroatoms. The standard InChI is InChI=1S/C12H16O5/c1-12(2)16-10(6-13)11(17-12)7-3-8(14)5-9(15)4-7/h3-5,10-11,13-15H,6H2,1-2H3/t10-,11-/m1/s1. The van der Waals surface area contributed by atoms with Crippen molar-refractivity contribution in [3.05, 3.63) is 23.8 Å². The molecule has 1 saturated heterocycles. The van der Waals surface area contributed by atoms with Gasteiger partial charge in [0.25, 0.3) is 0 Å². The van der Waals surface area contributed by atoms with Crippen LogP contribution >= 0.6 is 0 Å². The quantitative estimate of drug-likeness (QED) is 0.725. The van der Waals surface area contributed by atoms with Gasteiger partial charge in [-0.3, -0.25) is 0 Å². The summed E-state index contributed by atoms with van der Waals surface area (Å²) >= 11 is 0. The molecule has 0 aliphatic carbocycles. The lowest BCUT2D eigenvalue weighted by molar-refractivity contribution is -0.149. The van der Waals surface area contributed by atoms with Crippen molar-refractivity contribution in [1.82, 2.24) is 0 Å². The molecule has 1 fully saturated rings. The molecule has 0 amide bonds. The van der Waals surface area contributed by atoms with Crippen LogP contribution in [0.2, 0.25) is 0 Å². The Labute approximate surface area is 99.2 Å². The third kappa shape index (κ3) is 2.52. The van der Waals surface area contributed by atoms with Gasteiger partial charge in [0, 0.05) is 6.07 Å². The van der Waals surface area contributed by atoms with Crippen LogP contribution in [-0.4, -0.2) is 33.8 Å². The predicted molar refractivity (Wildman–Crippen MR) is 59.6 cm³/mol. The number of aliphatic hydroxyl groups is 1. The van der Waals surface area contributed by atoms with Gasteiger partial charge in [0.15, 0.2) is 5.79 Å². The van der Waals surface area contributed by atoms with Gasteiger partial charge in [-0.2, -0.15) is 0 Å². The second-order valence-electron chi connectivity index (χ2n) is 4.56. The average molecular weight is 240 g/mol. The van der Waals surface area contributed by atoms with Crippen molar-refractivity contribution < 1.29 is 24.8 Å². The number of hydrogen-bond donors (Lipinski definition) is 3. The van der Waals surface area contributed by atoms with Crippen molar-refractivity contribution in [3.8, 4) is 11.5 Å². The zero-order valence-corrected chi connectivity index (χ0v) is 9.75. The Bertz CT molecular complexity index is 395. The maximum atomic E-state index is 9.42. The van der Waals surface area contributed by atoms with Crippen molar-refractivity contribution in [2.75, 3.05) is 6.61 Å². The topological polar surface area (TPSA) is 79.2 Å². The van der Waals surface area contributed by atoms with Gasteiger partial charge < -0.3 is 24.8 Å². The Hall–Kier alpha value is -1.30. The lowest BCUT2D eigenvalue weighted by Gasteiger charge is -2.17. The minimum Gasteiger partial charge on any atom is -0.508 e. The van der Waals surface area contributed by atoms with Crippen molar-refractivity contribution >= 4 is 0 Å². The smallest absolute Gasteiger partial charge is 0.164 e. The highest BCUT2D eigenvalue weighted by atomic mass is 16.8. The van der Waals surface area contributed by atoms with Crippen LogP contribution in [0.25, 0.3) is 0 Å². The first-order valence-corrected chi connectivity index (χ1v) is 5.41. The lowest BCUT2D eigenvalue weighted by atomic mass is 10.0. The highest BCUT2D eigenvalue weighted by molar-refractivity contribution is 5.38. The molecular weight excluding hydrogens is 224 g/mol. The molecule has 5 nitrogen and oxygen atoms in total. The molecule has 1 aromatic carbocycles. The average Bonchev–Trinajstić information content (AvgIpc) is 2.52. The molecule has 94 valence electrons. The van der Waals surface area contributed by atoms with Crippen LogP contribution in [0, 0.1) is 0 Å². The van der Waals surface area contributed by atoms with Crippen LogP contribution in [-0.2, 0) is 9.47 Å². The Morgan fingerprint density at radius 1 is 1.12 bits per heavy atom. The van der Waals surface area contributed by atoms with Crippen molar-refractivity contribution in [3.63, 3.8) is 0 Å². The molecule has 17 heavy (non-hydrogen) atoms. The van der Waals surface area contributed by atoms with Crippen LogP contribution < -0.4 is 0 Å². The highest BCUT2D eigenvalue weighted by Crippen LogP contribution is 2.39. The number of aromatic hydroxyl groups is 2. The fourth-order valence-electron chi connectivity index (χ4n) is 2.03. The maximum absolute atomic E-state index is 9.42. The summed E-state index contributed by atoms with van der Waals surface area (Å²) in [5.74, 6) is -0.894. The summed E-state index contributed by atoms with van der Waals surface area (Å²) in [6.07, 6.45) is -1.01. The molecule has 2 rings (SSSR count). The van der Waals surface area contributed by atoms with E-state index in [4.69, 9.17) is 9.47 Å². The minimum absolute atomic E-state index is 0.0509. The summed E-state index contributed by atoms with van der Waals surface area (Å²) in [5.41, 5.74) is 0.576. The number of hydrogen-bond acceptors (Lipinski definition) is 5. The van der Waals surface area contributed by atoms with Crippen LogP contribution in [0.15, 0.2) is 18.2 Å². The van der Waals surface area contributed by atoms with Gasteiger partial charge in [-0.25, -0.2) is 0 Å². The Morgan fingerprint density at radius 2 is 1.71 bits per heavy atom. The SMILES string of the molecule is CC1(C)O[C@H](c2cc(O)cc(O)c2)[C@@H](CO)O1. The molecule has 1 aliphatic heterocycles. The van der Waals surface area contributed by atoms with Crippen molar-refractivity contribution in [2.24, 2.45) is 0 Å². The molecule has 3 N–H and O–H groups in total. The number of ether oxygens (including phenoxy) is 2. The van der Waals surface area contributed by atoms with Gasteiger partial charge in [-0.05, 0) is 31.5 Å². The first kappa shape index (κ1) is 12.2. The van der Waals surface area contributed by atoms with E-state index in [0.29, 0.717) is 5.56 Å². The van der Waals surface area contributed by atoms with Gasteiger partial charge in [0.05, 0.1) is 6.61 Å². The molecule has 0 saturated carbocycles. The summed E-state index contributed by atoms with van der Waals surface area (Å²) in [5, 5.41) is 28.1. The summed E-state index contributed by atoms with van der Waals surface area (Å²) in [4.78, 5) is 0. The molecular formula is C12H16O5. The molecule has 1 aromatic rings. The molecule has 1 aliphatic rings. The lowest BCUT2D eigenvalue weighted by Crippen LogP contribution is -2.23. The van der Waals surface area contributed by atoms with Gasteiger partial charge in [0.1, 0.15) is 23.7 Å². The van der Waals surface area contributed by atoms with Crippen LogP contribution in [0.1, 0.15) is 25.5 Å². The molecule has 0 radical (unpaired) electrons. The molecule has 1 heterocycles. The Balaban J connectivity index is 2.32. The second kappa shape index (κ2) is 4.18. The first-order valence-electron chi connectivity index (χ1n) is 5.41. The van der Waals surface area contributed by atoms with E-state index in [9.17, 15) is 15.3 Å². The zero-order valence-electron chi connectivity index (χ0n) is 9.75. The van der Waals surface area contributed by atoms with E-state index in [2.05, 4.69) is 0 Å². The number of phenolic OH excluding ortho intramolecular Hbond substituents is 2. The van der Waals surface area contributed by atoms with Crippen LogP contribution in [0.5, 0.6) is 11.5 Å². The number of phenols is 2. The van der Waals surface area contributed by atoms with E-state index in [0.717, 1.165) is 0 Å². The third-order valence-electron chi connectivity index (χ3n) is 2.62. The summed E-state index contributed by atoms with van der Waals surface area (Å²) in [6.45, 7) is 3.31. The van der Waals surface area contributed by atoms with Gasteiger partial charge in [-0.15, -0.1) is 0 Å². The predicted octanol–water partition coefficient (Wildman–Crippen LogP) is 1.28. The Kier molecular flexibility index (Phi) is 2.99. The largest absolute Gasteiger partial charge is 0.508 e. The van der Waals surface area contributed by atoms with E-state index in [1.165, 1.54) is 18.2 Å². The van der Waals surface area contributed by atoms with Crippen LogP contribution in [0.4, 0.5) is 0 Å². The van der Waals surface area contributed by atoms with Crippen molar-refractivity contribution in [1.29, 1.82) is 0 Å². The molecule has 2 atom stereocenters. The molecule has 0 spiro atoms. The fourth-order valence-corrected chi connectivity index (χ4v) is 2.03. The van der Waals surface area contributed by atoms with E-state index < -0.39 is 18.0 Å². The summed E-state index contributed by atoms with van der Waals surface area (Å²) in [6, 6.07) is 4.20. The maximum Gasteiger partial charge on any atom is 0.164 e. The number of rotatable bonds is 2. The summed E-state index contributed by atoms with van der Waals surface area (Å²) in [7, 11) is 0. The zero-order chi connectivity index (χ0) is 12.6. The third-order valence-corrected chi connectivity index (χ3v) is 2.62. The van der Waals surface area contributed by atoms with Gasteiger partial charge >= 0.3 is 0 Å². The van der Waals surface area contributed by atoms with Crippen LogP contribution in [0.3, 0.4) is 0 Å². The highest BCUT2D eigenvalue weighted by Gasteiger charge is 2.41. The van der Waals surface area contributed by atoms with E-state index >= 15 is 0 Å². The van der Waals surface area contributed by atoms with E-state index in [1.54, 1.807) is 13.8 Å². The van der Waals surface area contributed by atoms with Gasteiger partial charge in [0.2, 0.25) is 0 Å². The number of benzene rings is 1. The number of aliphatic hydroxyl groups excluding tert-OH is 1. The minimum atomic E-state index is -0.793. The normalized spacial score (nSPS) is 27.2. The van der Waals surface area contributed by atoms with Gasteiger partial charge in [-0.1, -0.05) is 0 Å². The Morgan fingerprint density at radius 3 is 2.24 bits per heavy atom. The monoisotopic (exact) mass is 240 g/mol. The molecule has 0 unspecified atom stereocenters.